The summed E-state index contributed by atoms with van der Waals surface area (Å²) in [5.41, 5.74) is 0.00436. The van der Waals surface area contributed by atoms with Crippen molar-refractivity contribution in [2.45, 2.75) is 11.8 Å². The topological polar surface area (TPSA) is 55.7 Å². The van der Waals surface area contributed by atoms with Gasteiger partial charge in [-0.05, 0) is 17.7 Å². The van der Waals surface area contributed by atoms with Crippen LogP contribution in [0.5, 0.6) is 0 Å². The zero-order valence-corrected chi connectivity index (χ0v) is 9.52. The van der Waals surface area contributed by atoms with E-state index in [0.29, 0.717) is 5.56 Å². The Morgan fingerprint density at radius 1 is 1.00 bits per heavy atom. The Balaban J connectivity index is 2.01. The van der Waals surface area contributed by atoms with Crippen molar-refractivity contribution in [1.82, 2.24) is 0 Å². The monoisotopic (exact) mass is 241 g/mol. The molecule has 4 heteroatoms. The molecule has 18 heavy (non-hydrogen) atoms. The molecule has 0 spiro atoms. The molecule has 2 atom stereocenters. The molecule has 90 valence electrons. The Kier molecular flexibility index (Phi) is 2.38. The first-order valence-corrected chi connectivity index (χ1v) is 5.68. The molecule has 1 fully saturated rings. The second kappa shape index (κ2) is 3.92. The molecule has 0 N–H and O–H groups in total. The molecule has 1 aliphatic rings. The van der Waals surface area contributed by atoms with Crippen LogP contribution in [0.3, 0.4) is 0 Å². The Bertz CT molecular complexity index is 570. The highest BCUT2D eigenvalue weighted by Gasteiger charge is 2.71. The lowest BCUT2D eigenvalue weighted by molar-refractivity contribution is -0.572. The normalized spacial score (nSPS) is 25.7. The minimum absolute atomic E-state index is 0.347. The van der Waals surface area contributed by atoms with Crippen LogP contribution in [0.1, 0.15) is 17.2 Å². The Labute approximate surface area is 104 Å². The van der Waals surface area contributed by atoms with Gasteiger partial charge in [-0.25, -0.2) is 0 Å². The fraction of sp³-hybridized carbons (Fsp3) is 0.143. The van der Waals surface area contributed by atoms with Gasteiger partial charge in [-0.2, -0.15) is 0 Å². The van der Waals surface area contributed by atoms with Crippen molar-refractivity contribution in [3.63, 3.8) is 0 Å². The van der Waals surface area contributed by atoms with Crippen LogP contribution in [0, 0.1) is 10.1 Å². The van der Waals surface area contributed by atoms with Crippen LogP contribution >= 0.6 is 0 Å². The molecule has 0 aromatic heterocycles. The summed E-state index contributed by atoms with van der Waals surface area (Å²) in [7, 11) is 0. The summed E-state index contributed by atoms with van der Waals surface area (Å²) in [5.74, 6) is 0. The van der Waals surface area contributed by atoms with Crippen molar-refractivity contribution in [1.29, 1.82) is 0 Å². The molecule has 0 amide bonds. The van der Waals surface area contributed by atoms with E-state index in [1.807, 2.05) is 36.4 Å². The summed E-state index contributed by atoms with van der Waals surface area (Å²) in [5, 5.41) is 11.3. The lowest BCUT2D eigenvalue weighted by atomic mass is 9.99. The highest BCUT2D eigenvalue weighted by molar-refractivity contribution is 5.32. The molecule has 0 aliphatic carbocycles. The molecular formula is C14H11NO3. The first kappa shape index (κ1) is 10.9. The van der Waals surface area contributed by atoms with E-state index < -0.39 is 11.8 Å². The van der Waals surface area contributed by atoms with Gasteiger partial charge in [-0.3, -0.25) is 14.9 Å². The Morgan fingerprint density at radius 2 is 1.56 bits per heavy atom. The second-order valence-corrected chi connectivity index (χ2v) is 4.23. The smallest absolute Gasteiger partial charge is 0.289 e. The fourth-order valence-corrected chi connectivity index (χ4v) is 2.21. The zero-order valence-electron chi connectivity index (χ0n) is 9.52. The average molecular weight is 241 g/mol. The summed E-state index contributed by atoms with van der Waals surface area (Å²) >= 11 is 0. The highest BCUT2D eigenvalue weighted by Crippen LogP contribution is 2.57. The van der Waals surface area contributed by atoms with Crippen LogP contribution in [0.2, 0.25) is 0 Å². The maximum absolute atomic E-state index is 11.3. The number of hydrogen-bond acceptors (Lipinski definition) is 3. The average Bonchev–Trinajstić information content (AvgIpc) is 3.18. The van der Waals surface area contributed by atoms with Gasteiger partial charge in [0.15, 0.2) is 6.10 Å². The van der Waals surface area contributed by atoms with E-state index in [4.69, 9.17) is 4.74 Å². The fourth-order valence-electron chi connectivity index (χ4n) is 2.21. The number of benzene rings is 2. The molecule has 1 aliphatic heterocycles. The van der Waals surface area contributed by atoms with Crippen LogP contribution in [0.4, 0.5) is 0 Å². The predicted molar refractivity (Wildman–Crippen MR) is 65.4 cm³/mol. The van der Waals surface area contributed by atoms with Gasteiger partial charge < -0.3 is 0 Å². The van der Waals surface area contributed by atoms with E-state index in [2.05, 4.69) is 0 Å². The molecule has 2 unspecified atom stereocenters. The van der Waals surface area contributed by atoms with Crippen molar-refractivity contribution in [2.24, 2.45) is 0 Å². The van der Waals surface area contributed by atoms with Crippen molar-refractivity contribution in [3.8, 4) is 0 Å². The number of nitro groups is 1. The van der Waals surface area contributed by atoms with Crippen LogP contribution in [-0.4, -0.2) is 4.92 Å². The van der Waals surface area contributed by atoms with Crippen molar-refractivity contribution >= 4 is 0 Å². The molecule has 0 bridgehead atoms. The molecule has 0 radical (unpaired) electrons. The van der Waals surface area contributed by atoms with E-state index in [9.17, 15) is 10.1 Å². The Morgan fingerprint density at radius 3 is 2.11 bits per heavy atom. The number of nitrogens with zero attached hydrogens (tertiary/aromatic N) is 1. The van der Waals surface area contributed by atoms with Gasteiger partial charge >= 0.3 is 5.72 Å². The number of hydrogen-bond donors (Lipinski definition) is 0. The van der Waals surface area contributed by atoms with Gasteiger partial charge in [0.05, 0.1) is 10.5 Å². The predicted octanol–water partition coefficient (Wildman–Crippen LogP) is 2.89. The summed E-state index contributed by atoms with van der Waals surface area (Å²) in [6.07, 6.45) is -0.504. The lowest BCUT2D eigenvalue weighted by Crippen LogP contribution is -2.21. The van der Waals surface area contributed by atoms with Crippen LogP contribution in [-0.2, 0) is 10.5 Å². The zero-order chi connectivity index (χ0) is 12.6. The van der Waals surface area contributed by atoms with Gasteiger partial charge in [0.1, 0.15) is 0 Å². The summed E-state index contributed by atoms with van der Waals surface area (Å²) in [4.78, 5) is 11.0. The summed E-state index contributed by atoms with van der Waals surface area (Å²) < 4.78 is 5.44. The van der Waals surface area contributed by atoms with Crippen LogP contribution < -0.4 is 0 Å². The Hall–Kier alpha value is -2.20. The number of ether oxygens (including phenoxy) is 1. The first-order valence-electron chi connectivity index (χ1n) is 5.68. The molecular weight excluding hydrogens is 230 g/mol. The molecule has 2 aromatic rings. The van der Waals surface area contributed by atoms with Crippen molar-refractivity contribution < 1.29 is 9.66 Å². The number of epoxide rings is 1. The highest BCUT2D eigenvalue weighted by atomic mass is 16.7. The lowest BCUT2D eigenvalue weighted by Gasteiger charge is -2.04. The van der Waals surface area contributed by atoms with Crippen molar-refractivity contribution in [3.05, 3.63) is 81.9 Å². The van der Waals surface area contributed by atoms with E-state index in [0.717, 1.165) is 5.56 Å². The van der Waals surface area contributed by atoms with Gasteiger partial charge in [-0.1, -0.05) is 48.5 Å². The molecule has 4 nitrogen and oxygen atoms in total. The van der Waals surface area contributed by atoms with E-state index in [1.54, 1.807) is 24.3 Å². The molecule has 1 heterocycles. The van der Waals surface area contributed by atoms with E-state index in [-0.39, 0.29) is 4.92 Å². The molecule has 2 aromatic carbocycles. The van der Waals surface area contributed by atoms with E-state index >= 15 is 0 Å². The molecule has 1 saturated heterocycles. The SMILES string of the molecule is O=[N+]([O-])C1(c2ccccc2)OC1c1ccccc1. The first-order chi connectivity index (χ1) is 8.75. The summed E-state index contributed by atoms with van der Waals surface area (Å²) in [6, 6.07) is 18.1. The third-order valence-corrected chi connectivity index (χ3v) is 3.16. The largest absolute Gasteiger partial charge is 0.382 e. The minimum Gasteiger partial charge on any atom is -0.289 e. The van der Waals surface area contributed by atoms with Gasteiger partial charge in [0.25, 0.3) is 0 Å². The molecule has 3 rings (SSSR count). The van der Waals surface area contributed by atoms with Crippen LogP contribution in [0.15, 0.2) is 60.7 Å². The van der Waals surface area contributed by atoms with Gasteiger partial charge in [-0.15, -0.1) is 0 Å². The quantitative estimate of drug-likeness (QED) is 0.471. The van der Waals surface area contributed by atoms with Gasteiger partial charge in [0.2, 0.25) is 0 Å². The summed E-state index contributed by atoms with van der Waals surface area (Å²) in [6.45, 7) is 0. The van der Waals surface area contributed by atoms with Gasteiger partial charge in [0, 0.05) is 0 Å². The van der Waals surface area contributed by atoms with E-state index in [1.165, 1.54) is 0 Å². The maximum atomic E-state index is 11.3. The third kappa shape index (κ3) is 1.50. The maximum Gasteiger partial charge on any atom is 0.382 e. The minimum atomic E-state index is -1.41. The van der Waals surface area contributed by atoms with Crippen molar-refractivity contribution in [2.75, 3.05) is 0 Å². The molecule has 0 saturated carbocycles. The second-order valence-electron chi connectivity index (χ2n) is 4.23. The third-order valence-electron chi connectivity index (χ3n) is 3.16. The van der Waals surface area contributed by atoms with Crippen LogP contribution in [0.25, 0.3) is 0 Å². The number of rotatable bonds is 3. The standard InChI is InChI=1S/C14H11NO3/c16-15(17)14(12-9-5-2-6-10-12)13(18-14)11-7-3-1-4-8-11/h1-10,13H.